The molecule has 1 heterocycles. The Morgan fingerprint density at radius 1 is 1.25 bits per heavy atom. The maximum Gasteiger partial charge on any atom is 0.0256 e. The highest BCUT2D eigenvalue weighted by atomic mass is 32.2. The molecule has 0 aromatic rings. The van der Waals surface area contributed by atoms with Crippen molar-refractivity contribution in [2.75, 3.05) is 12.3 Å². The van der Waals surface area contributed by atoms with E-state index in [0.29, 0.717) is 4.75 Å². The van der Waals surface area contributed by atoms with Crippen molar-refractivity contribution < 1.29 is 0 Å². The van der Waals surface area contributed by atoms with Crippen LogP contribution in [0.2, 0.25) is 0 Å². The van der Waals surface area contributed by atoms with Crippen molar-refractivity contribution >= 4 is 11.8 Å². The van der Waals surface area contributed by atoms with Gasteiger partial charge < -0.3 is 5.32 Å². The van der Waals surface area contributed by atoms with Crippen LogP contribution >= 0.6 is 11.8 Å². The monoisotopic (exact) mass is 241 g/mol. The smallest absolute Gasteiger partial charge is 0.0256 e. The third-order valence-corrected chi connectivity index (χ3v) is 6.03. The third kappa shape index (κ3) is 3.40. The summed E-state index contributed by atoms with van der Waals surface area (Å²) in [5, 5.41) is 3.83. The summed E-state index contributed by atoms with van der Waals surface area (Å²) in [6, 6.07) is 0.820. The number of thioether (sulfide) groups is 1. The molecule has 1 aliphatic heterocycles. The van der Waals surface area contributed by atoms with Gasteiger partial charge in [0.2, 0.25) is 0 Å². The summed E-state index contributed by atoms with van der Waals surface area (Å²) < 4.78 is 0.543. The van der Waals surface area contributed by atoms with Gasteiger partial charge in [-0.1, -0.05) is 13.3 Å². The van der Waals surface area contributed by atoms with Crippen molar-refractivity contribution in [2.24, 2.45) is 5.92 Å². The van der Waals surface area contributed by atoms with Gasteiger partial charge in [-0.05, 0) is 57.1 Å². The molecule has 1 saturated heterocycles. The Kier molecular flexibility index (Phi) is 4.60. The second kappa shape index (κ2) is 5.77. The van der Waals surface area contributed by atoms with Crippen molar-refractivity contribution in [3.63, 3.8) is 0 Å². The van der Waals surface area contributed by atoms with Gasteiger partial charge in [-0.2, -0.15) is 11.8 Å². The lowest BCUT2D eigenvalue weighted by atomic mass is 9.84. The van der Waals surface area contributed by atoms with Crippen molar-refractivity contribution in [1.29, 1.82) is 0 Å². The van der Waals surface area contributed by atoms with Crippen molar-refractivity contribution in [2.45, 2.75) is 69.6 Å². The first-order valence-electron chi connectivity index (χ1n) is 7.09. The molecule has 2 fully saturated rings. The largest absolute Gasteiger partial charge is 0.313 e. The van der Waals surface area contributed by atoms with E-state index >= 15 is 0 Å². The van der Waals surface area contributed by atoms with Crippen LogP contribution in [0.15, 0.2) is 0 Å². The predicted molar refractivity (Wildman–Crippen MR) is 74.1 cm³/mol. The standard InChI is InChI=1S/C14H27NS/c1-3-12-5-7-13(8-6-12)15-11-14(2)9-4-10-16-14/h12-13,15H,3-11H2,1-2H3. The van der Waals surface area contributed by atoms with Crippen LogP contribution in [0.25, 0.3) is 0 Å². The average molecular weight is 241 g/mol. The van der Waals surface area contributed by atoms with Crippen molar-refractivity contribution in [1.82, 2.24) is 5.32 Å². The quantitative estimate of drug-likeness (QED) is 0.803. The normalized spacial score (nSPS) is 40.1. The maximum atomic E-state index is 3.83. The highest BCUT2D eigenvalue weighted by Gasteiger charge is 2.30. The Morgan fingerprint density at radius 2 is 2.00 bits per heavy atom. The van der Waals surface area contributed by atoms with Gasteiger partial charge in [-0.25, -0.2) is 0 Å². The summed E-state index contributed by atoms with van der Waals surface area (Å²) in [6.07, 6.45) is 9.97. The summed E-state index contributed by atoms with van der Waals surface area (Å²) in [5.41, 5.74) is 0. The minimum Gasteiger partial charge on any atom is -0.313 e. The van der Waals surface area contributed by atoms with Crippen molar-refractivity contribution in [3.8, 4) is 0 Å². The van der Waals surface area contributed by atoms with Gasteiger partial charge in [0.25, 0.3) is 0 Å². The highest BCUT2D eigenvalue weighted by Crippen LogP contribution is 2.37. The summed E-state index contributed by atoms with van der Waals surface area (Å²) >= 11 is 2.18. The molecular formula is C14H27NS. The van der Waals surface area contributed by atoms with Crippen LogP contribution in [0.5, 0.6) is 0 Å². The third-order valence-electron chi connectivity index (χ3n) is 4.49. The molecule has 0 radical (unpaired) electrons. The maximum absolute atomic E-state index is 3.83. The second-order valence-corrected chi connectivity index (χ2v) is 7.59. The van der Waals surface area contributed by atoms with E-state index in [0.717, 1.165) is 12.0 Å². The number of hydrogen-bond donors (Lipinski definition) is 1. The van der Waals surface area contributed by atoms with Crippen LogP contribution in [0.3, 0.4) is 0 Å². The van der Waals surface area contributed by atoms with E-state index in [9.17, 15) is 0 Å². The van der Waals surface area contributed by atoms with Gasteiger partial charge in [0.1, 0.15) is 0 Å². The molecule has 1 unspecified atom stereocenters. The van der Waals surface area contributed by atoms with Crippen molar-refractivity contribution in [3.05, 3.63) is 0 Å². The van der Waals surface area contributed by atoms with Gasteiger partial charge in [0, 0.05) is 17.3 Å². The number of nitrogens with one attached hydrogen (secondary N) is 1. The fourth-order valence-corrected chi connectivity index (χ4v) is 4.37. The first kappa shape index (κ1) is 12.8. The highest BCUT2D eigenvalue weighted by molar-refractivity contribution is 8.00. The topological polar surface area (TPSA) is 12.0 Å². The van der Waals surface area contributed by atoms with Gasteiger partial charge in [-0.3, -0.25) is 0 Å². The fraction of sp³-hybridized carbons (Fsp3) is 1.00. The molecule has 1 atom stereocenters. The minimum absolute atomic E-state index is 0.543. The molecule has 2 aliphatic rings. The lowest BCUT2D eigenvalue weighted by Gasteiger charge is -2.32. The Bertz CT molecular complexity index is 203. The summed E-state index contributed by atoms with van der Waals surface area (Å²) in [6.45, 7) is 6.02. The zero-order chi connectivity index (χ0) is 11.4. The van der Waals surface area contributed by atoms with E-state index < -0.39 is 0 Å². The Labute approximate surface area is 105 Å². The molecule has 0 spiro atoms. The molecule has 2 heteroatoms. The van der Waals surface area contributed by atoms with Crippen LogP contribution in [-0.4, -0.2) is 23.1 Å². The van der Waals surface area contributed by atoms with Crippen LogP contribution in [0.4, 0.5) is 0 Å². The molecule has 0 amide bonds. The first-order valence-corrected chi connectivity index (χ1v) is 8.08. The van der Waals surface area contributed by atoms with Crippen LogP contribution < -0.4 is 5.32 Å². The summed E-state index contributed by atoms with van der Waals surface area (Å²) in [5.74, 6) is 2.40. The zero-order valence-electron chi connectivity index (χ0n) is 10.9. The number of rotatable bonds is 4. The fourth-order valence-electron chi connectivity index (χ4n) is 3.11. The lowest BCUT2D eigenvalue weighted by molar-refractivity contribution is 0.281. The van der Waals surface area contributed by atoms with E-state index in [1.807, 2.05) is 0 Å². The molecule has 94 valence electrons. The predicted octanol–water partition coefficient (Wildman–Crippen LogP) is 3.83. The first-order chi connectivity index (χ1) is 7.72. The van der Waals surface area contributed by atoms with E-state index in [1.54, 1.807) is 0 Å². The molecule has 1 aliphatic carbocycles. The Morgan fingerprint density at radius 3 is 2.56 bits per heavy atom. The van der Waals surface area contributed by atoms with E-state index in [-0.39, 0.29) is 0 Å². The van der Waals surface area contributed by atoms with Gasteiger partial charge in [0.15, 0.2) is 0 Å². The van der Waals surface area contributed by atoms with E-state index in [1.165, 1.54) is 57.2 Å². The average Bonchev–Trinajstić information content (AvgIpc) is 2.75. The Balaban J connectivity index is 1.67. The molecule has 1 saturated carbocycles. The summed E-state index contributed by atoms with van der Waals surface area (Å²) in [7, 11) is 0. The molecule has 1 nitrogen and oxygen atoms in total. The Hall–Kier alpha value is 0.310. The van der Waals surface area contributed by atoms with Gasteiger partial charge in [-0.15, -0.1) is 0 Å². The lowest BCUT2D eigenvalue weighted by Crippen LogP contribution is -2.41. The van der Waals surface area contributed by atoms with Crippen LogP contribution in [0.1, 0.15) is 58.8 Å². The molecule has 16 heavy (non-hydrogen) atoms. The van der Waals surface area contributed by atoms with Gasteiger partial charge in [0.05, 0.1) is 0 Å². The van der Waals surface area contributed by atoms with E-state index in [4.69, 9.17) is 0 Å². The minimum atomic E-state index is 0.543. The second-order valence-electron chi connectivity index (χ2n) is 5.91. The summed E-state index contributed by atoms with van der Waals surface area (Å²) in [4.78, 5) is 0. The molecule has 1 N–H and O–H groups in total. The van der Waals surface area contributed by atoms with Crippen LogP contribution in [0, 0.1) is 5.92 Å². The molecular weight excluding hydrogens is 214 g/mol. The van der Waals surface area contributed by atoms with E-state index in [2.05, 4.69) is 30.9 Å². The SMILES string of the molecule is CCC1CCC(NCC2(C)CCCS2)CC1. The molecule has 0 aromatic heterocycles. The van der Waals surface area contributed by atoms with Gasteiger partial charge >= 0.3 is 0 Å². The number of hydrogen-bond acceptors (Lipinski definition) is 2. The molecule has 0 bridgehead atoms. The van der Waals surface area contributed by atoms with Crippen LogP contribution in [-0.2, 0) is 0 Å². The zero-order valence-corrected chi connectivity index (χ0v) is 11.7. The molecule has 0 aromatic carbocycles. The molecule has 2 rings (SSSR count).